The van der Waals surface area contributed by atoms with Gasteiger partial charge in [0.15, 0.2) is 0 Å². The highest BCUT2D eigenvalue weighted by molar-refractivity contribution is 5.99. The lowest BCUT2D eigenvalue weighted by atomic mass is 10.3. The van der Waals surface area contributed by atoms with E-state index in [1.54, 1.807) is 43.5 Å². The van der Waals surface area contributed by atoms with E-state index in [-0.39, 0.29) is 6.03 Å². The molecule has 0 aliphatic heterocycles. The first-order valence-corrected chi connectivity index (χ1v) is 6.66. The van der Waals surface area contributed by atoms with Crippen LogP contribution in [0.4, 0.5) is 16.2 Å². The minimum absolute atomic E-state index is 0.302. The Bertz CT molecular complexity index is 579. The van der Waals surface area contributed by atoms with Crippen LogP contribution < -0.4 is 20.1 Å². The molecule has 2 aromatic carbocycles. The zero-order valence-corrected chi connectivity index (χ0v) is 12.1. The molecule has 0 unspecified atom stereocenters. The fourth-order valence-electron chi connectivity index (χ4n) is 1.77. The highest BCUT2D eigenvalue weighted by atomic mass is 16.5. The molecule has 0 aliphatic rings. The van der Waals surface area contributed by atoms with Crippen molar-refractivity contribution in [2.45, 2.75) is 6.92 Å². The van der Waals surface area contributed by atoms with Gasteiger partial charge < -0.3 is 20.1 Å². The minimum Gasteiger partial charge on any atom is -0.497 e. The normalized spacial score (nSPS) is 9.81. The van der Waals surface area contributed by atoms with Crippen molar-refractivity contribution < 1.29 is 14.3 Å². The second kappa shape index (κ2) is 7.19. The third-order valence-corrected chi connectivity index (χ3v) is 2.77. The SMILES string of the molecule is CCOc1ccc(NC(=O)Nc2ccc(OC)cc2)cc1. The van der Waals surface area contributed by atoms with Gasteiger partial charge in [0.2, 0.25) is 0 Å². The van der Waals surface area contributed by atoms with Crippen LogP contribution in [0.3, 0.4) is 0 Å². The lowest BCUT2D eigenvalue weighted by Crippen LogP contribution is -2.19. The molecule has 2 rings (SSSR count). The Kier molecular flexibility index (Phi) is 5.04. The van der Waals surface area contributed by atoms with Crippen molar-refractivity contribution >= 4 is 17.4 Å². The summed E-state index contributed by atoms with van der Waals surface area (Å²) in [4.78, 5) is 11.9. The summed E-state index contributed by atoms with van der Waals surface area (Å²) in [6, 6.07) is 14.0. The number of urea groups is 1. The molecule has 0 saturated carbocycles. The average Bonchev–Trinajstić information content (AvgIpc) is 2.50. The molecule has 2 aromatic rings. The third-order valence-electron chi connectivity index (χ3n) is 2.77. The summed E-state index contributed by atoms with van der Waals surface area (Å²) in [5.74, 6) is 1.52. The lowest BCUT2D eigenvalue weighted by Gasteiger charge is -2.09. The van der Waals surface area contributed by atoms with Gasteiger partial charge in [-0.1, -0.05) is 0 Å². The Morgan fingerprint density at radius 3 is 1.81 bits per heavy atom. The van der Waals surface area contributed by atoms with E-state index in [1.165, 1.54) is 0 Å². The van der Waals surface area contributed by atoms with Crippen molar-refractivity contribution in [3.05, 3.63) is 48.5 Å². The number of methoxy groups -OCH3 is 1. The molecule has 5 nitrogen and oxygen atoms in total. The van der Waals surface area contributed by atoms with Gasteiger partial charge in [-0.2, -0.15) is 0 Å². The van der Waals surface area contributed by atoms with Gasteiger partial charge in [0.1, 0.15) is 11.5 Å². The van der Waals surface area contributed by atoms with Crippen LogP contribution in [-0.2, 0) is 0 Å². The molecule has 5 heteroatoms. The summed E-state index contributed by atoms with van der Waals surface area (Å²) in [6.45, 7) is 2.54. The number of rotatable bonds is 5. The van der Waals surface area contributed by atoms with Gasteiger partial charge >= 0.3 is 6.03 Å². The summed E-state index contributed by atoms with van der Waals surface area (Å²) in [5.41, 5.74) is 1.39. The number of ether oxygens (including phenoxy) is 2. The van der Waals surface area contributed by atoms with Crippen molar-refractivity contribution in [3.8, 4) is 11.5 Å². The molecule has 0 spiro atoms. The van der Waals surface area contributed by atoms with E-state index < -0.39 is 0 Å². The molecule has 0 fully saturated rings. The minimum atomic E-state index is -0.302. The first-order valence-electron chi connectivity index (χ1n) is 6.66. The lowest BCUT2D eigenvalue weighted by molar-refractivity contribution is 0.262. The van der Waals surface area contributed by atoms with Crippen LogP contribution in [0, 0.1) is 0 Å². The summed E-state index contributed by atoms with van der Waals surface area (Å²) in [6.07, 6.45) is 0. The Morgan fingerprint density at radius 1 is 0.905 bits per heavy atom. The average molecular weight is 286 g/mol. The Morgan fingerprint density at radius 2 is 1.38 bits per heavy atom. The molecule has 0 aliphatic carbocycles. The molecule has 0 radical (unpaired) electrons. The van der Waals surface area contributed by atoms with Crippen molar-refractivity contribution in [1.82, 2.24) is 0 Å². The van der Waals surface area contributed by atoms with Crippen LogP contribution in [0.2, 0.25) is 0 Å². The van der Waals surface area contributed by atoms with Gasteiger partial charge in [0.25, 0.3) is 0 Å². The molecular formula is C16H18N2O3. The van der Waals surface area contributed by atoms with Crippen molar-refractivity contribution in [2.75, 3.05) is 24.4 Å². The highest BCUT2D eigenvalue weighted by Crippen LogP contribution is 2.17. The monoisotopic (exact) mass is 286 g/mol. The van der Waals surface area contributed by atoms with E-state index in [0.29, 0.717) is 18.0 Å². The molecule has 0 saturated heterocycles. The van der Waals surface area contributed by atoms with Crippen LogP contribution in [-0.4, -0.2) is 19.7 Å². The molecule has 21 heavy (non-hydrogen) atoms. The predicted molar refractivity (Wildman–Crippen MR) is 83.2 cm³/mol. The summed E-state index contributed by atoms with van der Waals surface area (Å²) in [7, 11) is 1.60. The zero-order chi connectivity index (χ0) is 15.1. The topological polar surface area (TPSA) is 59.6 Å². The van der Waals surface area contributed by atoms with E-state index in [0.717, 1.165) is 11.5 Å². The van der Waals surface area contributed by atoms with Gasteiger partial charge in [-0.15, -0.1) is 0 Å². The standard InChI is InChI=1S/C16H18N2O3/c1-3-21-15-10-6-13(7-11-15)18-16(19)17-12-4-8-14(20-2)9-5-12/h4-11H,3H2,1-2H3,(H2,17,18,19). The molecule has 0 atom stereocenters. The largest absolute Gasteiger partial charge is 0.497 e. The van der Waals surface area contributed by atoms with E-state index in [4.69, 9.17) is 9.47 Å². The van der Waals surface area contributed by atoms with Gasteiger partial charge in [0.05, 0.1) is 13.7 Å². The second-order valence-electron chi connectivity index (χ2n) is 4.27. The first-order chi connectivity index (χ1) is 10.2. The summed E-state index contributed by atoms with van der Waals surface area (Å²) < 4.78 is 10.4. The number of anilines is 2. The smallest absolute Gasteiger partial charge is 0.323 e. The van der Waals surface area contributed by atoms with E-state index in [9.17, 15) is 4.79 Å². The molecule has 110 valence electrons. The van der Waals surface area contributed by atoms with E-state index in [1.807, 2.05) is 19.1 Å². The van der Waals surface area contributed by atoms with Crippen LogP contribution in [0.15, 0.2) is 48.5 Å². The fraction of sp³-hybridized carbons (Fsp3) is 0.188. The maximum Gasteiger partial charge on any atom is 0.323 e. The fourth-order valence-corrected chi connectivity index (χ4v) is 1.77. The van der Waals surface area contributed by atoms with Gasteiger partial charge in [-0.05, 0) is 55.5 Å². The van der Waals surface area contributed by atoms with Gasteiger partial charge in [-0.3, -0.25) is 0 Å². The van der Waals surface area contributed by atoms with E-state index in [2.05, 4.69) is 10.6 Å². The quantitative estimate of drug-likeness (QED) is 0.880. The molecule has 2 amide bonds. The molecule has 0 bridgehead atoms. The number of hydrogen-bond acceptors (Lipinski definition) is 3. The first kappa shape index (κ1) is 14.7. The molecule has 0 aromatic heterocycles. The van der Waals surface area contributed by atoms with Crippen molar-refractivity contribution in [1.29, 1.82) is 0 Å². The molecule has 2 N–H and O–H groups in total. The number of nitrogens with one attached hydrogen (secondary N) is 2. The number of amides is 2. The number of carbonyl (C=O) groups is 1. The van der Waals surface area contributed by atoms with Gasteiger partial charge in [-0.25, -0.2) is 4.79 Å². The second-order valence-corrected chi connectivity index (χ2v) is 4.27. The Balaban J connectivity index is 1.91. The Labute approximate surface area is 123 Å². The molecule has 0 heterocycles. The summed E-state index contributed by atoms with van der Waals surface area (Å²) in [5, 5.41) is 5.50. The van der Waals surface area contributed by atoms with Crippen molar-refractivity contribution in [3.63, 3.8) is 0 Å². The highest BCUT2D eigenvalue weighted by Gasteiger charge is 2.03. The zero-order valence-electron chi connectivity index (χ0n) is 12.1. The van der Waals surface area contributed by atoms with Crippen molar-refractivity contribution in [2.24, 2.45) is 0 Å². The number of hydrogen-bond donors (Lipinski definition) is 2. The van der Waals surface area contributed by atoms with Crippen LogP contribution >= 0.6 is 0 Å². The van der Waals surface area contributed by atoms with Gasteiger partial charge in [0, 0.05) is 11.4 Å². The third kappa shape index (κ3) is 4.42. The van der Waals surface area contributed by atoms with Crippen LogP contribution in [0.25, 0.3) is 0 Å². The Hall–Kier alpha value is -2.69. The number of carbonyl (C=O) groups excluding carboxylic acids is 1. The maximum atomic E-state index is 11.9. The van der Waals surface area contributed by atoms with Crippen LogP contribution in [0.5, 0.6) is 11.5 Å². The number of benzene rings is 2. The maximum absolute atomic E-state index is 11.9. The summed E-state index contributed by atoms with van der Waals surface area (Å²) >= 11 is 0. The van der Waals surface area contributed by atoms with Crippen LogP contribution in [0.1, 0.15) is 6.92 Å². The van der Waals surface area contributed by atoms with E-state index >= 15 is 0 Å². The molecular weight excluding hydrogens is 268 g/mol. The predicted octanol–water partition coefficient (Wildman–Crippen LogP) is 3.74.